The molecule has 3 atom stereocenters. The van der Waals surface area contributed by atoms with E-state index >= 15 is 0 Å². The SMILES string of the molecule is Cn1nccc1CCN1CCCCC1C1CCCC1O. The molecule has 2 heterocycles. The van der Waals surface area contributed by atoms with E-state index in [-0.39, 0.29) is 6.10 Å². The van der Waals surface area contributed by atoms with Crippen molar-refractivity contribution in [3.63, 3.8) is 0 Å². The highest BCUT2D eigenvalue weighted by Crippen LogP contribution is 2.35. The van der Waals surface area contributed by atoms with E-state index in [1.165, 1.54) is 44.3 Å². The highest BCUT2D eigenvalue weighted by Gasteiger charge is 2.36. The molecule has 1 aliphatic heterocycles. The molecule has 3 rings (SSSR count). The highest BCUT2D eigenvalue weighted by atomic mass is 16.3. The van der Waals surface area contributed by atoms with Crippen LogP contribution in [0.3, 0.4) is 0 Å². The molecule has 4 heteroatoms. The molecule has 112 valence electrons. The van der Waals surface area contributed by atoms with E-state index in [4.69, 9.17) is 0 Å². The number of aliphatic hydroxyl groups excluding tert-OH is 1. The first kappa shape index (κ1) is 14.1. The molecule has 0 radical (unpaired) electrons. The van der Waals surface area contributed by atoms with Crippen molar-refractivity contribution in [2.24, 2.45) is 13.0 Å². The molecule has 0 aromatic carbocycles. The first-order valence-corrected chi connectivity index (χ1v) is 8.14. The van der Waals surface area contributed by atoms with Crippen molar-refractivity contribution >= 4 is 0 Å². The molecule has 1 aromatic rings. The maximum absolute atomic E-state index is 10.2. The molecule has 1 aromatic heterocycles. The van der Waals surface area contributed by atoms with Gasteiger partial charge in [-0.15, -0.1) is 0 Å². The Balaban J connectivity index is 1.62. The average molecular weight is 277 g/mol. The molecule has 0 bridgehead atoms. The van der Waals surface area contributed by atoms with E-state index in [9.17, 15) is 5.11 Å². The van der Waals surface area contributed by atoms with E-state index in [2.05, 4.69) is 16.1 Å². The van der Waals surface area contributed by atoms with Gasteiger partial charge >= 0.3 is 0 Å². The zero-order chi connectivity index (χ0) is 13.9. The lowest BCUT2D eigenvalue weighted by Crippen LogP contribution is -2.47. The monoisotopic (exact) mass is 277 g/mol. The van der Waals surface area contributed by atoms with Crippen molar-refractivity contribution in [3.8, 4) is 0 Å². The fourth-order valence-electron chi connectivity index (χ4n) is 4.10. The zero-order valence-corrected chi connectivity index (χ0v) is 12.5. The Labute approximate surface area is 121 Å². The summed E-state index contributed by atoms with van der Waals surface area (Å²) >= 11 is 0. The van der Waals surface area contributed by atoms with E-state index in [1.54, 1.807) is 0 Å². The Hall–Kier alpha value is -0.870. The second-order valence-electron chi connectivity index (χ2n) is 6.46. The van der Waals surface area contributed by atoms with Crippen molar-refractivity contribution in [1.82, 2.24) is 14.7 Å². The lowest BCUT2D eigenvalue weighted by atomic mass is 9.87. The number of aliphatic hydroxyl groups is 1. The number of aryl methyl sites for hydroxylation is 1. The van der Waals surface area contributed by atoms with Crippen LogP contribution in [0.15, 0.2) is 12.3 Å². The maximum atomic E-state index is 10.2. The van der Waals surface area contributed by atoms with Gasteiger partial charge in [0.15, 0.2) is 0 Å². The Morgan fingerprint density at radius 1 is 1.25 bits per heavy atom. The molecule has 1 aliphatic carbocycles. The summed E-state index contributed by atoms with van der Waals surface area (Å²) < 4.78 is 1.98. The van der Waals surface area contributed by atoms with Gasteiger partial charge in [0.2, 0.25) is 0 Å². The van der Waals surface area contributed by atoms with Crippen molar-refractivity contribution in [2.75, 3.05) is 13.1 Å². The molecule has 1 N–H and O–H groups in total. The van der Waals surface area contributed by atoms with Crippen LogP contribution in [-0.4, -0.2) is 45.0 Å². The predicted molar refractivity (Wildman–Crippen MR) is 79.5 cm³/mol. The summed E-state index contributed by atoms with van der Waals surface area (Å²) in [4.78, 5) is 2.63. The smallest absolute Gasteiger partial charge is 0.0583 e. The topological polar surface area (TPSA) is 41.3 Å². The van der Waals surface area contributed by atoms with E-state index in [0.29, 0.717) is 12.0 Å². The molecule has 2 fully saturated rings. The van der Waals surface area contributed by atoms with E-state index in [1.807, 2.05) is 17.9 Å². The van der Waals surface area contributed by atoms with Crippen molar-refractivity contribution in [2.45, 2.75) is 57.1 Å². The lowest BCUT2D eigenvalue weighted by molar-refractivity contribution is 0.0359. The van der Waals surface area contributed by atoms with Gasteiger partial charge in [-0.25, -0.2) is 0 Å². The largest absolute Gasteiger partial charge is 0.393 e. The third kappa shape index (κ3) is 2.91. The molecular weight excluding hydrogens is 250 g/mol. The van der Waals surface area contributed by atoms with Gasteiger partial charge < -0.3 is 5.11 Å². The second kappa shape index (κ2) is 6.27. The summed E-state index contributed by atoms with van der Waals surface area (Å²) in [6, 6.07) is 2.72. The quantitative estimate of drug-likeness (QED) is 0.915. The molecule has 3 unspecified atom stereocenters. The normalized spacial score (nSPS) is 31.8. The van der Waals surface area contributed by atoms with Crippen LogP contribution in [0, 0.1) is 5.92 Å². The minimum Gasteiger partial charge on any atom is -0.393 e. The molecule has 0 spiro atoms. The third-order valence-electron chi connectivity index (χ3n) is 5.27. The van der Waals surface area contributed by atoms with Gasteiger partial charge in [0.25, 0.3) is 0 Å². The summed E-state index contributed by atoms with van der Waals surface area (Å²) in [5.41, 5.74) is 1.31. The van der Waals surface area contributed by atoms with Crippen molar-refractivity contribution in [1.29, 1.82) is 0 Å². The number of hydrogen-bond donors (Lipinski definition) is 1. The molecular formula is C16H27N3O. The minimum absolute atomic E-state index is 0.0581. The summed E-state index contributed by atoms with van der Waals surface area (Å²) in [5, 5.41) is 14.5. The summed E-state index contributed by atoms with van der Waals surface area (Å²) in [6.07, 6.45) is 10.2. The first-order chi connectivity index (χ1) is 9.75. The number of rotatable bonds is 4. The molecule has 2 aliphatic rings. The Morgan fingerprint density at radius 2 is 2.15 bits per heavy atom. The van der Waals surface area contributed by atoms with Crippen LogP contribution in [0.5, 0.6) is 0 Å². The van der Waals surface area contributed by atoms with Gasteiger partial charge in [-0.2, -0.15) is 5.10 Å². The Morgan fingerprint density at radius 3 is 2.85 bits per heavy atom. The average Bonchev–Trinajstić information content (AvgIpc) is 3.06. The molecule has 4 nitrogen and oxygen atoms in total. The second-order valence-corrected chi connectivity index (χ2v) is 6.46. The summed E-state index contributed by atoms with van der Waals surface area (Å²) in [6.45, 7) is 2.30. The number of aromatic nitrogens is 2. The number of likely N-dealkylation sites (tertiary alicyclic amines) is 1. The molecule has 0 amide bonds. The Kier molecular flexibility index (Phi) is 4.41. The fourth-order valence-corrected chi connectivity index (χ4v) is 4.10. The molecule has 20 heavy (non-hydrogen) atoms. The minimum atomic E-state index is -0.0581. The van der Waals surface area contributed by atoms with Crippen LogP contribution in [0.2, 0.25) is 0 Å². The van der Waals surface area contributed by atoms with E-state index in [0.717, 1.165) is 19.4 Å². The van der Waals surface area contributed by atoms with Crippen molar-refractivity contribution < 1.29 is 5.11 Å². The lowest BCUT2D eigenvalue weighted by Gasteiger charge is -2.40. The summed E-state index contributed by atoms with van der Waals surface area (Å²) in [7, 11) is 2.02. The highest BCUT2D eigenvalue weighted by molar-refractivity contribution is 5.01. The fraction of sp³-hybridized carbons (Fsp3) is 0.812. The van der Waals surface area contributed by atoms with Gasteiger partial charge in [0, 0.05) is 43.9 Å². The van der Waals surface area contributed by atoms with Crippen LogP contribution in [0.4, 0.5) is 0 Å². The van der Waals surface area contributed by atoms with Gasteiger partial charge in [0.1, 0.15) is 0 Å². The van der Waals surface area contributed by atoms with Crippen molar-refractivity contribution in [3.05, 3.63) is 18.0 Å². The number of piperidine rings is 1. The third-order valence-corrected chi connectivity index (χ3v) is 5.27. The Bertz CT molecular complexity index is 431. The number of hydrogen-bond acceptors (Lipinski definition) is 3. The molecule has 1 saturated carbocycles. The summed E-state index contributed by atoms with van der Waals surface area (Å²) in [5.74, 6) is 0.516. The zero-order valence-electron chi connectivity index (χ0n) is 12.5. The van der Waals surface area contributed by atoms with E-state index < -0.39 is 0 Å². The molecule has 1 saturated heterocycles. The van der Waals surface area contributed by atoms with Gasteiger partial charge in [-0.1, -0.05) is 12.8 Å². The van der Waals surface area contributed by atoms with Crippen LogP contribution in [0.1, 0.15) is 44.2 Å². The van der Waals surface area contributed by atoms with Crippen LogP contribution in [-0.2, 0) is 13.5 Å². The van der Waals surface area contributed by atoms with Crippen LogP contribution >= 0.6 is 0 Å². The van der Waals surface area contributed by atoms with Gasteiger partial charge in [-0.3, -0.25) is 9.58 Å². The standard InChI is InChI=1S/C16H27N3O/c1-18-13(8-10-17-18)9-12-19-11-3-2-6-15(19)14-5-4-7-16(14)20/h8,10,14-16,20H,2-7,9,11-12H2,1H3. The first-order valence-electron chi connectivity index (χ1n) is 8.14. The predicted octanol–water partition coefficient (Wildman–Crippen LogP) is 1.98. The maximum Gasteiger partial charge on any atom is 0.0583 e. The van der Waals surface area contributed by atoms with Crippen LogP contribution < -0.4 is 0 Å². The van der Waals surface area contributed by atoms with Gasteiger partial charge in [0.05, 0.1) is 6.10 Å². The van der Waals surface area contributed by atoms with Gasteiger partial charge in [-0.05, 0) is 38.3 Å². The number of nitrogens with zero attached hydrogens (tertiary/aromatic N) is 3. The van der Waals surface area contributed by atoms with Crippen LogP contribution in [0.25, 0.3) is 0 Å².